The average molecular weight is 247 g/mol. The SMILES string of the molecule is CC1CCCCC1N(C)Cc1ccnc(CN)c1. The van der Waals surface area contributed by atoms with Crippen molar-refractivity contribution in [2.45, 2.75) is 51.7 Å². The van der Waals surface area contributed by atoms with E-state index in [2.05, 4.69) is 36.0 Å². The van der Waals surface area contributed by atoms with Gasteiger partial charge in [-0.3, -0.25) is 9.88 Å². The summed E-state index contributed by atoms with van der Waals surface area (Å²) in [4.78, 5) is 6.75. The summed E-state index contributed by atoms with van der Waals surface area (Å²) < 4.78 is 0. The molecule has 3 nitrogen and oxygen atoms in total. The lowest BCUT2D eigenvalue weighted by Crippen LogP contribution is -2.38. The van der Waals surface area contributed by atoms with Gasteiger partial charge in [0.15, 0.2) is 0 Å². The quantitative estimate of drug-likeness (QED) is 0.889. The minimum absolute atomic E-state index is 0.525. The van der Waals surface area contributed by atoms with E-state index in [1.165, 1.54) is 31.2 Å². The zero-order valence-corrected chi connectivity index (χ0v) is 11.6. The number of rotatable bonds is 4. The van der Waals surface area contributed by atoms with Gasteiger partial charge in [0.05, 0.1) is 5.69 Å². The van der Waals surface area contributed by atoms with Crippen LogP contribution in [0, 0.1) is 5.92 Å². The van der Waals surface area contributed by atoms with E-state index >= 15 is 0 Å². The van der Waals surface area contributed by atoms with Crippen molar-refractivity contribution in [3.63, 3.8) is 0 Å². The zero-order valence-electron chi connectivity index (χ0n) is 11.6. The van der Waals surface area contributed by atoms with E-state index in [1.807, 2.05) is 6.20 Å². The van der Waals surface area contributed by atoms with Gasteiger partial charge in [0.2, 0.25) is 0 Å². The standard InChI is InChI=1S/C15H25N3/c1-12-5-3-4-6-15(12)18(2)11-13-7-8-17-14(9-13)10-16/h7-9,12,15H,3-6,10-11,16H2,1-2H3. The van der Waals surface area contributed by atoms with Crippen LogP contribution in [-0.4, -0.2) is 23.0 Å². The van der Waals surface area contributed by atoms with Crippen molar-refractivity contribution >= 4 is 0 Å². The van der Waals surface area contributed by atoms with Crippen LogP contribution in [0.5, 0.6) is 0 Å². The highest BCUT2D eigenvalue weighted by atomic mass is 15.1. The first kappa shape index (κ1) is 13.5. The third-order valence-corrected chi connectivity index (χ3v) is 4.15. The molecule has 1 aliphatic rings. The van der Waals surface area contributed by atoms with E-state index in [0.29, 0.717) is 6.54 Å². The van der Waals surface area contributed by atoms with Crippen LogP contribution in [0.1, 0.15) is 43.9 Å². The Kier molecular flexibility index (Phi) is 4.72. The average Bonchev–Trinajstić information content (AvgIpc) is 2.39. The van der Waals surface area contributed by atoms with E-state index in [4.69, 9.17) is 5.73 Å². The lowest BCUT2D eigenvalue weighted by atomic mass is 9.85. The molecule has 1 aromatic rings. The third kappa shape index (κ3) is 3.30. The molecule has 18 heavy (non-hydrogen) atoms. The lowest BCUT2D eigenvalue weighted by Gasteiger charge is -2.36. The molecule has 2 atom stereocenters. The van der Waals surface area contributed by atoms with E-state index in [-0.39, 0.29) is 0 Å². The molecule has 0 saturated heterocycles. The fraction of sp³-hybridized carbons (Fsp3) is 0.667. The second-order valence-corrected chi connectivity index (χ2v) is 5.60. The van der Waals surface area contributed by atoms with Crippen molar-refractivity contribution in [1.29, 1.82) is 0 Å². The number of aromatic nitrogens is 1. The van der Waals surface area contributed by atoms with Crippen molar-refractivity contribution in [3.8, 4) is 0 Å². The largest absolute Gasteiger partial charge is 0.325 e. The van der Waals surface area contributed by atoms with Gasteiger partial charge in [0.1, 0.15) is 0 Å². The van der Waals surface area contributed by atoms with Gasteiger partial charge in [-0.2, -0.15) is 0 Å². The predicted octanol–water partition coefficient (Wildman–Crippen LogP) is 2.55. The van der Waals surface area contributed by atoms with Crippen LogP contribution in [-0.2, 0) is 13.1 Å². The molecule has 0 radical (unpaired) electrons. The summed E-state index contributed by atoms with van der Waals surface area (Å²) in [5.41, 5.74) is 7.95. The maximum absolute atomic E-state index is 5.64. The van der Waals surface area contributed by atoms with Crippen molar-refractivity contribution in [2.24, 2.45) is 11.7 Å². The highest BCUT2D eigenvalue weighted by Crippen LogP contribution is 2.28. The van der Waals surface area contributed by atoms with Crippen molar-refractivity contribution in [2.75, 3.05) is 7.05 Å². The zero-order chi connectivity index (χ0) is 13.0. The van der Waals surface area contributed by atoms with Gasteiger partial charge in [-0.25, -0.2) is 0 Å². The van der Waals surface area contributed by atoms with Crippen molar-refractivity contribution in [1.82, 2.24) is 9.88 Å². The Hall–Kier alpha value is -0.930. The molecule has 2 unspecified atom stereocenters. The Bertz CT molecular complexity index is 378. The highest BCUT2D eigenvalue weighted by molar-refractivity contribution is 5.16. The molecule has 1 heterocycles. The molecule has 2 N–H and O–H groups in total. The van der Waals surface area contributed by atoms with Gasteiger partial charge in [-0.05, 0) is 43.5 Å². The van der Waals surface area contributed by atoms with Gasteiger partial charge < -0.3 is 5.73 Å². The second-order valence-electron chi connectivity index (χ2n) is 5.60. The molecule has 2 rings (SSSR count). The van der Waals surface area contributed by atoms with Crippen LogP contribution < -0.4 is 5.73 Å². The maximum atomic E-state index is 5.64. The molecule has 1 saturated carbocycles. The Morgan fingerprint density at radius 1 is 1.39 bits per heavy atom. The van der Waals surface area contributed by atoms with E-state index in [9.17, 15) is 0 Å². The summed E-state index contributed by atoms with van der Waals surface area (Å²) in [5, 5.41) is 0. The lowest BCUT2D eigenvalue weighted by molar-refractivity contribution is 0.133. The Balaban J connectivity index is 1.98. The summed E-state index contributed by atoms with van der Waals surface area (Å²) in [6.45, 7) is 3.92. The molecule has 3 heteroatoms. The summed E-state index contributed by atoms with van der Waals surface area (Å²) in [7, 11) is 2.25. The number of pyridine rings is 1. The molecule has 0 bridgehead atoms. The van der Waals surface area contributed by atoms with Crippen LogP contribution in [0.2, 0.25) is 0 Å². The first-order valence-corrected chi connectivity index (χ1v) is 7.05. The topological polar surface area (TPSA) is 42.2 Å². The van der Waals surface area contributed by atoms with Crippen LogP contribution in [0.4, 0.5) is 0 Å². The molecular weight excluding hydrogens is 222 g/mol. The maximum Gasteiger partial charge on any atom is 0.0542 e. The van der Waals surface area contributed by atoms with Crippen molar-refractivity contribution < 1.29 is 0 Å². The van der Waals surface area contributed by atoms with E-state index in [0.717, 1.165) is 24.2 Å². The number of hydrogen-bond acceptors (Lipinski definition) is 3. The van der Waals surface area contributed by atoms with Crippen LogP contribution in [0.15, 0.2) is 18.3 Å². The molecule has 0 amide bonds. The molecule has 0 spiro atoms. The fourth-order valence-corrected chi connectivity index (χ4v) is 3.09. The molecule has 0 aromatic carbocycles. The summed E-state index contributed by atoms with van der Waals surface area (Å²) in [6.07, 6.45) is 7.36. The van der Waals surface area contributed by atoms with Gasteiger partial charge >= 0.3 is 0 Å². The molecular formula is C15H25N3. The number of hydrogen-bond donors (Lipinski definition) is 1. The Labute approximate surface area is 110 Å². The summed E-state index contributed by atoms with van der Waals surface area (Å²) in [6, 6.07) is 4.96. The minimum atomic E-state index is 0.525. The summed E-state index contributed by atoms with van der Waals surface area (Å²) in [5.74, 6) is 0.819. The third-order valence-electron chi connectivity index (χ3n) is 4.15. The monoisotopic (exact) mass is 247 g/mol. The second kappa shape index (κ2) is 6.30. The molecule has 1 fully saturated rings. The first-order valence-electron chi connectivity index (χ1n) is 7.05. The minimum Gasteiger partial charge on any atom is -0.325 e. The Morgan fingerprint density at radius 2 is 2.17 bits per heavy atom. The molecule has 1 aromatic heterocycles. The number of nitrogens with two attached hydrogens (primary N) is 1. The van der Waals surface area contributed by atoms with E-state index in [1.54, 1.807) is 0 Å². The predicted molar refractivity (Wildman–Crippen MR) is 75.0 cm³/mol. The molecule has 0 aliphatic heterocycles. The highest BCUT2D eigenvalue weighted by Gasteiger charge is 2.24. The van der Waals surface area contributed by atoms with Gasteiger partial charge in [0.25, 0.3) is 0 Å². The molecule has 1 aliphatic carbocycles. The fourth-order valence-electron chi connectivity index (χ4n) is 3.09. The normalized spacial score (nSPS) is 24.4. The van der Waals surface area contributed by atoms with Crippen molar-refractivity contribution in [3.05, 3.63) is 29.6 Å². The van der Waals surface area contributed by atoms with Gasteiger partial charge in [-0.15, -0.1) is 0 Å². The number of nitrogens with zero attached hydrogens (tertiary/aromatic N) is 2. The van der Waals surface area contributed by atoms with Crippen LogP contribution in [0.25, 0.3) is 0 Å². The van der Waals surface area contributed by atoms with Crippen LogP contribution in [0.3, 0.4) is 0 Å². The summed E-state index contributed by atoms with van der Waals surface area (Å²) >= 11 is 0. The molecule has 100 valence electrons. The Morgan fingerprint density at radius 3 is 2.89 bits per heavy atom. The van der Waals surface area contributed by atoms with Gasteiger partial charge in [-0.1, -0.05) is 19.8 Å². The van der Waals surface area contributed by atoms with E-state index < -0.39 is 0 Å². The first-order chi connectivity index (χ1) is 8.70. The smallest absolute Gasteiger partial charge is 0.0542 e. The van der Waals surface area contributed by atoms with Crippen LogP contribution >= 0.6 is 0 Å². The van der Waals surface area contributed by atoms with Gasteiger partial charge in [0, 0.05) is 25.3 Å².